The highest BCUT2D eigenvalue weighted by molar-refractivity contribution is 5.29. The van der Waals surface area contributed by atoms with Gasteiger partial charge in [-0.15, -0.1) is 0 Å². The Morgan fingerprint density at radius 1 is 0.947 bits per heavy atom. The molecule has 0 aliphatic carbocycles. The van der Waals surface area contributed by atoms with E-state index in [4.69, 9.17) is 0 Å². The van der Waals surface area contributed by atoms with E-state index in [-0.39, 0.29) is 6.04 Å². The number of hydrogen-bond donors (Lipinski definition) is 1. The molecule has 2 rings (SSSR count). The zero-order valence-corrected chi connectivity index (χ0v) is 11.9. The molecule has 0 bridgehead atoms. The number of rotatable bonds is 5. The van der Waals surface area contributed by atoms with E-state index in [0.717, 1.165) is 24.4 Å². The summed E-state index contributed by atoms with van der Waals surface area (Å²) in [6.07, 6.45) is 5.00. The fourth-order valence-corrected chi connectivity index (χ4v) is 2.02. The zero-order valence-electron chi connectivity index (χ0n) is 11.9. The van der Waals surface area contributed by atoms with Crippen LogP contribution in [0, 0.1) is 13.8 Å². The van der Waals surface area contributed by atoms with Crippen LogP contribution in [0.2, 0.25) is 0 Å². The van der Waals surface area contributed by atoms with Crippen molar-refractivity contribution in [1.29, 1.82) is 0 Å². The van der Waals surface area contributed by atoms with Crippen LogP contribution in [0.3, 0.4) is 0 Å². The maximum absolute atomic E-state index is 4.39. The Balaban J connectivity index is 2.29. The minimum atomic E-state index is 0.168. The molecule has 0 atom stereocenters. The van der Waals surface area contributed by atoms with Gasteiger partial charge in [-0.3, -0.25) is 9.97 Å². The van der Waals surface area contributed by atoms with Crippen LogP contribution in [-0.4, -0.2) is 16.5 Å². The summed E-state index contributed by atoms with van der Waals surface area (Å²) in [5.41, 5.74) is 4.45. The van der Waals surface area contributed by atoms with Gasteiger partial charge in [0.05, 0.1) is 6.04 Å². The molecule has 0 radical (unpaired) electrons. The molecular formula is C16H21N3. The van der Waals surface area contributed by atoms with Gasteiger partial charge in [-0.1, -0.05) is 19.1 Å². The average molecular weight is 255 g/mol. The van der Waals surface area contributed by atoms with Crippen LogP contribution in [0.25, 0.3) is 0 Å². The fraction of sp³-hybridized carbons (Fsp3) is 0.375. The second-order valence-electron chi connectivity index (χ2n) is 4.85. The number of aromatic nitrogens is 2. The van der Waals surface area contributed by atoms with Crippen molar-refractivity contribution in [3.8, 4) is 0 Å². The van der Waals surface area contributed by atoms with Crippen molar-refractivity contribution in [2.45, 2.75) is 33.2 Å². The van der Waals surface area contributed by atoms with E-state index in [9.17, 15) is 0 Å². The first-order valence-corrected chi connectivity index (χ1v) is 6.79. The summed E-state index contributed by atoms with van der Waals surface area (Å²) in [4.78, 5) is 8.78. The summed E-state index contributed by atoms with van der Waals surface area (Å²) in [6, 6.07) is 8.54. The molecule has 2 aromatic rings. The second kappa shape index (κ2) is 6.43. The molecule has 1 N–H and O–H groups in total. The van der Waals surface area contributed by atoms with E-state index >= 15 is 0 Å². The number of hydrogen-bond acceptors (Lipinski definition) is 3. The largest absolute Gasteiger partial charge is 0.306 e. The van der Waals surface area contributed by atoms with Crippen LogP contribution in [0.1, 0.15) is 41.9 Å². The van der Waals surface area contributed by atoms with Crippen molar-refractivity contribution >= 4 is 0 Å². The van der Waals surface area contributed by atoms with E-state index in [1.54, 1.807) is 0 Å². The first kappa shape index (κ1) is 13.7. The Bertz CT molecular complexity index is 457. The highest BCUT2D eigenvalue weighted by Crippen LogP contribution is 2.21. The van der Waals surface area contributed by atoms with Crippen molar-refractivity contribution in [3.63, 3.8) is 0 Å². The zero-order chi connectivity index (χ0) is 13.7. The Kier molecular flexibility index (Phi) is 4.63. The number of nitrogens with zero attached hydrogens (tertiary/aromatic N) is 2. The Morgan fingerprint density at radius 3 is 1.84 bits per heavy atom. The molecule has 2 heterocycles. The quantitative estimate of drug-likeness (QED) is 0.891. The van der Waals surface area contributed by atoms with Crippen LogP contribution in [0.4, 0.5) is 0 Å². The van der Waals surface area contributed by atoms with Gasteiger partial charge in [-0.2, -0.15) is 0 Å². The van der Waals surface area contributed by atoms with Gasteiger partial charge in [0.1, 0.15) is 0 Å². The van der Waals surface area contributed by atoms with Gasteiger partial charge in [-0.25, -0.2) is 0 Å². The summed E-state index contributed by atoms with van der Waals surface area (Å²) in [5.74, 6) is 0. The van der Waals surface area contributed by atoms with Crippen LogP contribution < -0.4 is 5.32 Å². The minimum Gasteiger partial charge on any atom is -0.306 e. The standard InChI is InChI=1S/C16H21N3/c1-4-9-17-16(14-7-5-12(2)18-10-14)15-8-6-13(3)19-11-15/h5-8,10-11,16-17H,4,9H2,1-3H3. The topological polar surface area (TPSA) is 37.8 Å². The van der Waals surface area contributed by atoms with Crippen molar-refractivity contribution in [3.05, 3.63) is 59.2 Å². The van der Waals surface area contributed by atoms with Gasteiger partial charge in [0.25, 0.3) is 0 Å². The van der Waals surface area contributed by atoms with E-state index < -0.39 is 0 Å². The SMILES string of the molecule is CCCNC(c1ccc(C)nc1)c1ccc(C)nc1. The first-order chi connectivity index (χ1) is 9.20. The first-order valence-electron chi connectivity index (χ1n) is 6.79. The summed E-state index contributed by atoms with van der Waals surface area (Å²) in [5, 5.41) is 3.56. The molecule has 0 aliphatic heterocycles. The molecule has 100 valence electrons. The number of pyridine rings is 2. The van der Waals surface area contributed by atoms with Crippen molar-refractivity contribution in [2.24, 2.45) is 0 Å². The van der Waals surface area contributed by atoms with Gasteiger partial charge in [0.15, 0.2) is 0 Å². The molecule has 2 aromatic heterocycles. The van der Waals surface area contributed by atoms with Gasteiger partial charge < -0.3 is 5.32 Å². The number of aryl methyl sites for hydroxylation is 2. The van der Waals surface area contributed by atoms with E-state index in [0.29, 0.717) is 0 Å². The van der Waals surface area contributed by atoms with Crippen LogP contribution in [-0.2, 0) is 0 Å². The maximum Gasteiger partial charge on any atom is 0.0607 e. The smallest absolute Gasteiger partial charge is 0.0607 e. The Morgan fingerprint density at radius 2 is 1.47 bits per heavy atom. The molecule has 0 aliphatic rings. The molecule has 0 amide bonds. The molecule has 0 saturated heterocycles. The van der Waals surface area contributed by atoms with Gasteiger partial charge in [0, 0.05) is 23.8 Å². The lowest BCUT2D eigenvalue weighted by atomic mass is 10.0. The summed E-state index contributed by atoms with van der Waals surface area (Å²) in [7, 11) is 0. The van der Waals surface area contributed by atoms with Crippen molar-refractivity contribution in [1.82, 2.24) is 15.3 Å². The van der Waals surface area contributed by atoms with Gasteiger partial charge in [-0.05, 0) is 50.1 Å². The fourth-order valence-electron chi connectivity index (χ4n) is 2.02. The average Bonchev–Trinajstić information content (AvgIpc) is 2.43. The maximum atomic E-state index is 4.39. The van der Waals surface area contributed by atoms with Crippen LogP contribution >= 0.6 is 0 Å². The van der Waals surface area contributed by atoms with E-state index in [2.05, 4.69) is 46.5 Å². The molecule has 0 aromatic carbocycles. The molecule has 0 spiro atoms. The lowest BCUT2D eigenvalue weighted by molar-refractivity contribution is 0.595. The summed E-state index contributed by atoms with van der Waals surface area (Å²) >= 11 is 0. The van der Waals surface area contributed by atoms with E-state index in [1.807, 2.05) is 26.2 Å². The summed E-state index contributed by atoms with van der Waals surface area (Å²) < 4.78 is 0. The molecule has 0 unspecified atom stereocenters. The van der Waals surface area contributed by atoms with Gasteiger partial charge >= 0.3 is 0 Å². The molecule has 0 saturated carbocycles. The third-order valence-electron chi connectivity index (χ3n) is 3.13. The minimum absolute atomic E-state index is 0.168. The van der Waals surface area contributed by atoms with E-state index in [1.165, 1.54) is 11.1 Å². The van der Waals surface area contributed by atoms with Gasteiger partial charge in [0.2, 0.25) is 0 Å². The lowest BCUT2D eigenvalue weighted by Crippen LogP contribution is -2.23. The Hall–Kier alpha value is -1.74. The third kappa shape index (κ3) is 3.61. The second-order valence-corrected chi connectivity index (χ2v) is 4.85. The van der Waals surface area contributed by atoms with Crippen molar-refractivity contribution in [2.75, 3.05) is 6.54 Å². The molecule has 3 nitrogen and oxygen atoms in total. The lowest BCUT2D eigenvalue weighted by Gasteiger charge is -2.19. The molecule has 19 heavy (non-hydrogen) atoms. The summed E-state index contributed by atoms with van der Waals surface area (Å²) in [6.45, 7) is 7.16. The monoisotopic (exact) mass is 255 g/mol. The Labute approximate surface area is 115 Å². The molecule has 3 heteroatoms. The predicted octanol–water partition coefficient (Wildman–Crippen LogP) is 3.18. The van der Waals surface area contributed by atoms with Crippen molar-refractivity contribution < 1.29 is 0 Å². The molecular weight excluding hydrogens is 234 g/mol. The predicted molar refractivity (Wildman–Crippen MR) is 78.1 cm³/mol. The molecule has 0 fully saturated rings. The van der Waals surface area contributed by atoms with Crippen LogP contribution in [0.5, 0.6) is 0 Å². The van der Waals surface area contributed by atoms with Crippen LogP contribution in [0.15, 0.2) is 36.7 Å². The highest BCUT2D eigenvalue weighted by atomic mass is 14.9. The highest BCUT2D eigenvalue weighted by Gasteiger charge is 2.13. The normalized spacial score (nSPS) is 10.9. The third-order valence-corrected chi connectivity index (χ3v) is 3.13. The number of nitrogens with one attached hydrogen (secondary N) is 1.